The summed E-state index contributed by atoms with van der Waals surface area (Å²) in [6.45, 7) is 7.76. The Morgan fingerprint density at radius 2 is 2.14 bits per heavy atom. The van der Waals surface area contributed by atoms with Crippen molar-refractivity contribution in [2.75, 3.05) is 25.4 Å². The molecule has 130 valence electrons. The average molecular weight is 332 g/mol. The summed E-state index contributed by atoms with van der Waals surface area (Å²) in [6.07, 6.45) is 7.97. The van der Waals surface area contributed by atoms with Crippen LogP contribution in [0, 0.1) is 11.8 Å². The van der Waals surface area contributed by atoms with Crippen LogP contribution in [-0.2, 0) is 9.84 Å². The summed E-state index contributed by atoms with van der Waals surface area (Å²) in [5, 5.41) is 9.27. The number of unbranched alkanes of at least 4 members (excludes halogenated alkanes) is 1. The molecule has 0 aromatic carbocycles. The molecule has 1 aliphatic heterocycles. The van der Waals surface area contributed by atoms with E-state index in [0.717, 1.165) is 51.6 Å². The second-order valence-electron chi connectivity index (χ2n) is 6.62. The molecule has 2 atom stereocenters. The minimum absolute atomic E-state index is 0.186. The summed E-state index contributed by atoms with van der Waals surface area (Å²) in [5.74, 6) is 0.802. The molecule has 1 rings (SSSR count). The number of hydrogen-bond acceptors (Lipinski definition) is 4. The number of piperidine rings is 1. The number of sulfone groups is 1. The minimum Gasteiger partial charge on any atom is -0.396 e. The highest BCUT2D eigenvalue weighted by Gasteiger charge is 2.22. The molecule has 1 aliphatic rings. The van der Waals surface area contributed by atoms with E-state index in [1.54, 1.807) is 13.1 Å². The number of allylic oxidation sites excluding steroid dienone is 1. The normalized spacial score (nSPS) is 21.9. The Morgan fingerprint density at radius 1 is 1.41 bits per heavy atom. The fourth-order valence-corrected chi connectivity index (χ4v) is 4.64. The van der Waals surface area contributed by atoms with E-state index in [0.29, 0.717) is 4.91 Å². The lowest BCUT2D eigenvalue weighted by Gasteiger charge is -2.31. The molecule has 4 nitrogen and oxygen atoms in total. The van der Waals surface area contributed by atoms with Crippen LogP contribution in [0.5, 0.6) is 0 Å². The monoisotopic (exact) mass is 331 g/mol. The summed E-state index contributed by atoms with van der Waals surface area (Å²) in [7, 11) is -3.17. The Kier molecular flexibility index (Phi) is 8.47. The number of nitrogens with zero attached hydrogens (tertiary/aromatic N) is 1. The Balaban J connectivity index is 2.67. The third-order valence-corrected chi connectivity index (χ3v) is 6.66. The Morgan fingerprint density at radius 3 is 2.73 bits per heavy atom. The van der Waals surface area contributed by atoms with Gasteiger partial charge in [0.15, 0.2) is 9.84 Å². The molecule has 1 fully saturated rings. The van der Waals surface area contributed by atoms with Crippen molar-refractivity contribution < 1.29 is 13.5 Å². The molecule has 0 bridgehead atoms. The zero-order valence-corrected chi connectivity index (χ0v) is 15.2. The molecule has 22 heavy (non-hydrogen) atoms. The number of hydrogen-bond donors (Lipinski definition) is 1. The summed E-state index contributed by atoms with van der Waals surface area (Å²) in [6, 6.07) is 0. The van der Waals surface area contributed by atoms with Crippen molar-refractivity contribution in [2.45, 2.75) is 59.3 Å². The molecule has 0 spiro atoms. The molecule has 1 heterocycles. The van der Waals surface area contributed by atoms with Gasteiger partial charge in [0.25, 0.3) is 0 Å². The molecule has 5 heteroatoms. The van der Waals surface area contributed by atoms with E-state index >= 15 is 0 Å². The van der Waals surface area contributed by atoms with E-state index in [9.17, 15) is 13.5 Å². The van der Waals surface area contributed by atoms with E-state index in [1.165, 1.54) is 0 Å². The lowest BCUT2D eigenvalue weighted by Crippen LogP contribution is -2.33. The van der Waals surface area contributed by atoms with Gasteiger partial charge in [-0.3, -0.25) is 0 Å². The van der Waals surface area contributed by atoms with Crippen LogP contribution in [0.3, 0.4) is 0 Å². The van der Waals surface area contributed by atoms with E-state index in [1.807, 2.05) is 0 Å². The van der Waals surface area contributed by atoms with Gasteiger partial charge in [0, 0.05) is 25.9 Å². The topological polar surface area (TPSA) is 57.6 Å². The van der Waals surface area contributed by atoms with Crippen molar-refractivity contribution in [1.82, 2.24) is 4.90 Å². The fourth-order valence-electron chi connectivity index (χ4n) is 3.04. The second kappa shape index (κ2) is 9.56. The predicted molar refractivity (Wildman–Crippen MR) is 92.2 cm³/mol. The quantitative estimate of drug-likeness (QED) is 0.705. The molecular weight excluding hydrogens is 298 g/mol. The maximum atomic E-state index is 12.5. The molecule has 0 aliphatic carbocycles. The van der Waals surface area contributed by atoms with Crippen molar-refractivity contribution in [3.63, 3.8) is 0 Å². The van der Waals surface area contributed by atoms with Crippen LogP contribution >= 0.6 is 0 Å². The average Bonchev–Trinajstić information content (AvgIpc) is 2.51. The Bertz CT molecular complexity index is 445. The third-order valence-electron chi connectivity index (χ3n) is 4.66. The number of aliphatic hydroxyl groups is 1. The van der Waals surface area contributed by atoms with Gasteiger partial charge in [-0.15, -0.1) is 0 Å². The SMILES string of the molecule is CCCCC(CC)CS(=O)(=O)C(C)=CN1CCCC(CO)C1. The molecule has 0 radical (unpaired) electrons. The van der Waals surface area contributed by atoms with Gasteiger partial charge in [0.2, 0.25) is 0 Å². The molecular formula is C17H33NO3S. The summed E-state index contributed by atoms with van der Waals surface area (Å²) in [4.78, 5) is 2.53. The highest BCUT2D eigenvalue weighted by Crippen LogP contribution is 2.21. The standard InChI is InChI=1S/C17H33NO3S/c1-4-6-8-16(5-2)14-22(20,21)15(3)11-18-10-7-9-17(12-18)13-19/h11,16-17,19H,4-10,12-14H2,1-3H3. The highest BCUT2D eigenvalue weighted by atomic mass is 32.2. The Labute approximate surface area is 136 Å². The van der Waals surface area contributed by atoms with Gasteiger partial charge >= 0.3 is 0 Å². The first kappa shape index (κ1) is 19.5. The van der Waals surface area contributed by atoms with E-state index in [4.69, 9.17) is 0 Å². The summed E-state index contributed by atoms with van der Waals surface area (Å²) in [5.41, 5.74) is 0. The van der Waals surface area contributed by atoms with Crippen LogP contribution < -0.4 is 0 Å². The molecule has 0 amide bonds. The van der Waals surface area contributed by atoms with Gasteiger partial charge in [-0.05, 0) is 38.0 Å². The van der Waals surface area contributed by atoms with Gasteiger partial charge in [-0.2, -0.15) is 0 Å². The van der Waals surface area contributed by atoms with Gasteiger partial charge in [0.1, 0.15) is 0 Å². The number of rotatable bonds is 9. The molecule has 0 saturated carbocycles. The van der Waals surface area contributed by atoms with Crippen molar-refractivity contribution >= 4 is 9.84 Å². The van der Waals surface area contributed by atoms with Crippen molar-refractivity contribution in [3.8, 4) is 0 Å². The van der Waals surface area contributed by atoms with Crippen LogP contribution in [0.1, 0.15) is 59.3 Å². The smallest absolute Gasteiger partial charge is 0.175 e. The predicted octanol–water partition coefficient (Wildman–Crippen LogP) is 3.18. The molecule has 0 aromatic rings. The lowest BCUT2D eigenvalue weighted by atomic mass is 9.99. The molecule has 1 saturated heterocycles. The zero-order chi connectivity index (χ0) is 16.6. The number of likely N-dealkylation sites (tertiary alicyclic amines) is 1. The van der Waals surface area contributed by atoms with Crippen molar-refractivity contribution in [3.05, 3.63) is 11.1 Å². The maximum absolute atomic E-state index is 12.5. The number of aliphatic hydroxyl groups excluding tert-OH is 1. The maximum Gasteiger partial charge on any atom is 0.175 e. The van der Waals surface area contributed by atoms with Crippen LogP contribution in [0.2, 0.25) is 0 Å². The largest absolute Gasteiger partial charge is 0.396 e. The molecule has 0 aromatic heterocycles. The Hall–Kier alpha value is -0.550. The van der Waals surface area contributed by atoms with Crippen LogP contribution in [0.25, 0.3) is 0 Å². The van der Waals surface area contributed by atoms with Crippen molar-refractivity contribution in [1.29, 1.82) is 0 Å². The van der Waals surface area contributed by atoms with Gasteiger partial charge in [-0.25, -0.2) is 8.42 Å². The van der Waals surface area contributed by atoms with Crippen LogP contribution in [-0.4, -0.2) is 43.9 Å². The van der Waals surface area contributed by atoms with Crippen LogP contribution in [0.15, 0.2) is 11.1 Å². The first-order valence-corrected chi connectivity index (χ1v) is 10.3. The first-order valence-electron chi connectivity index (χ1n) is 8.69. The van der Waals surface area contributed by atoms with E-state index in [2.05, 4.69) is 18.7 Å². The fraction of sp³-hybridized carbons (Fsp3) is 0.882. The van der Waals surface area contributed by atoms with Crippen LogP contribution in [0.4, 0.5) is 0 Å². The van der Waals surface area contributed by atoms with E-state index < -0.39 is 9.84 Å². The second-order valence-corrected chi connectivity index (χ2v) is 8.83. The van der Waals surface area contributed by atoms with Gasteiger partial charge in [0.05, 0.1) is 10.7 Å². The van der Waals surface area contributed by atoms with E-state index in [-0.39, 0.29) is 24.2 Å². The van der Waals surface area contributed by atoms with Crippen molar-refractivity contribution in [2.24, 2.45) is 11.8 Å². The van der Waals surface area contributed by atoms with Gasteiger partial charge in [-0.1, -0.05) is 33.1 Å². The summed E-state index contributed by atoms with van der Waals surface area (Å²) >= 11 is 0. The zero-order valence-electron chi connectivity index (χ0n) is 14.4. The van der Waals surface area contributed by atoms with Gasteiger partial charge < -0.3 is 10.0 Å². The first-order chi connectivity index (χ1) is 10.4. The summed E-state index contributed by atoms with van der Waals surface area (Å²) < 4.78 is 25.1. The molecule has 2 unspecified atom stereocenters. The highest BCUT2D eigenvalue weighted by molar-refractivity contribution is 7.95. The molecule has 1 N–H and O–H groups in total. The third kappa shape index (κ3) is 6.29. The lowest BCUT2D eigenvalue weighted by molar-refractivity contribution is 0.150. The minimum atomic E-state index is -3.17.